The Bertz CT molecular complexity index is 3860. The molecule has 17 nitrogen and oxygen atoms in total. The number of amides is 1. The average Bonchev–Trinajstić information content (AvgIpc) is 2.78. The number of phenols is 3. The minimum absolute atomic E-state index is 0.0105. The molecule has 0 saturated carbocycles. The molecule has 0 radical (unpaired) electrons. The molecule has 1 amide bonds. The van der Waals surface area contributed by atoms with Crippen LogP contribution in [0, 0.1) is 20.8 Å². The number of aromatic hydroxyl groups is 3. The van der Waals surface area contributed by atoms with Gasteiger partial charge in [0, 0.05) is 21.7 Å². The van der Waals surface area contributed by atoms with Crippen LogP contribution < -0.4 is 5.32 Å². The first-order chi connectivity index (χ1) is 43.6. The number of carbonyl (C=O) groups is 1. The number of benzene rings is 10. The van der Waals surface area contributed by atoms with Crippen LogP contribution in [-0.4, -0.2) is 59.7 Å². The molecule has 10 aromatic rings. The number of anilines is 1. The van der Waals surface area contributed by atoms with Crippen LogP contribution in [0.25, 0.3) is 32.3 Å². The number of aryl methyl sites for hydroxylation is 3. The molecule has 0 heterocycles. The van der Waals surface area contributed by atoms with E-state index in [1.165, 1.54) is 0 Å². The highest BCUT2D eigenvalue weighted by Crippen LogP contribution is 2.43. The Kier molecular flexibility index (Phi) is 40.1. The van der Waals surface area contributed by atoms with Crippen molar-refractivity contribution in [1.29, 1.82) is 0 Å². The van der Waals surface area contributed by atoms with Crippen molar-refractivity contribution >= 4 is 98.3 Å². The third-order valence-corrected chi connectivity index (χ3v) is 11.0. The van der Waals surface area contributed by atoms with E-state index in [4.69, 9.17) is 9.11 Å². The van der Waals surface area contributed by atoms with Crippen LogP contribution in [-0.2, 0) is 20.2 Å². The number of carbonyl (C=O) groups excluding carboxylic acids is 1. The fourth-order valence-corrected chi connectivity index (χ4v) is 7.54. The molecule has 0 saturated heterocycles. The number of rotatable bonds is 8. The lowest BCUT2D eigenvalue weighted by Crippen LogP contribution is -2.11. The van der Waals surface area contributed by atoms with Crippen molar-refractivity contribution in [2.45, 2.75) is 104 Å². The van der Waals surface area contributed by atoms with Crippen LogP contribution in [0.2, 0.25) is 0 Å². The summed E-state index contributed by atoms with van der Waals surface area (Å²) in [5.74, 6) is 0.106. The summed E-state index contributed by atoms with van der Waals surface area (Å²) >= 11 is 0. The van der Waals surface area contributed by atoms with Crippen LogP contribution in [0.1, 0.15) is 110 Å². The monoisotopic (exact) mass is 1280 g/mol. The summed E-state index contributed by atoms with van der Waals surface area (Å²) in [5.41, 5.74) is 7.30. The van der Waals surface area contributed by atoms with Crippen LogP contribution in [0.5, 0.6) is 17.2 Å². The first kappa shape index (κ1) is 81.5. The number of hydrogen-bond acceptors (Lipinski definition) is 14. The molecule has 10 aromatic carbocycles. The summed E-state index contributed by atoms with van der Waals surface area (Å²) in [5, 5.41) is 64.7. The zero-order valence-electron chi connectivity index (χ0n) is 55.4. The van der Waals surface area contributed by atoms with E-state index in [1.807, 2.05) is 280 Å². The van der Waals surface area contributed by atoms with Crippen LogP contribution in [0.4, 0.5) is 39.8 Å². The van der Waals surface area contributed by atoms with Gasteiger partial charge in [-0.25, -0.2) is 0 Å². The second-order valence-electron chi connectivity index (χ2n) is 17.4. The smallest absolute Gasteiger partial charge is 0.261 e. The molecule has 486 valence electrons. The van der Waals surface area contributed by atoms with Gasteiger partial charge >= 0.3 is 0 Å². The van der Waals surface area contributed by atoms with Gasteiger partial charge in [0.25, 0.3) is 26.1 Å². The van der Waals surface area contributed by atoms with E-state index < -0.39 is 20.2 Å². The summed E-state index contributed by atoms with van der Waals surface area (Å²) in [6, 6.07) is 64.1. The van der Waals surface area contributed by atoms with E-state index in [1.54, 1.807) is 30.3 Å². The predicted octanol–water partition coefficient (Wildman–Crippen LogP) is 22.2. The molecular weight excluding hydrogens is 1190 g/mol. The topological polar surface area (TPSA) is 273 Å². The van der Waals surface area contributed by atoms with Gasteiger partial charge in [0.1, 0.15) is 17.1 Å². The Morgan fingerprint density at radius 2 is 0.615 bits per heavy atom. The van der Waals surface area contributed by atoms with E-state index in [-0.39, 0.29) is 23.2 Å². The molecular formula is C72H91N7O10S2. The van der Waals surface area contributed by atoms with Crippen LogP contribution in [0.15, 0.2) is 237 Å². The Labute approximate surface area is 539 Å². The lowest BCUT2D eigenvalue weighted by atomic mass is 10.0. The summed E-state index contributed by atoms with van der Waals surface area (Å²) in [6.45, 7) is 29.7. The summed E-state index contributed by atoms with van der Waals surface area (Å²) in [4.78, 5) is 12.6. The lowest BCUT2D eigenvalue weighted by molar-refractivity contribution is 0.102. The van der Waals surface area contributed by atoms with Crippen molar-refractivity contribution < 1.29 is 46.1 Å². The van der Waals surface area contributed by atoms with Gasteiger partial charge in [-0.3, -0.25) is 13.9 Å². The minimum atomic E-state index is -3.67. The number of phenolic OH excluding ortho intramolecular Hbond substituents is 3. The molecule has 0 unspecified atom stereocenters. The Hall–Kier alpha value is -9.53. The number of nitrogens with zero attached hydrogens (tertiary/aromatic N) is 6. The maximum atomic E-state index is 12.6. The van der Waals surface area contributed by atoms with Crippen LogP contribution in [0.3, 0.4) is 0 Å². The second kappa shape index (κ2) is 44.8. The van der Waals surface area contributed by atoms with E-state index in [2.05, 4.69) is 36.0 Å². The number of fused-ring (bicyclic) bond motifs is 3. The number of nitrogens with one attached hydrogen (secondary N) is 1. The second-order valence-corrected chi connectivity index (χ2v) is 20.3. The van der Waals surface area contributed by atoms with Gasteiger partial charge in [0.05, 0.1) is 35.3 Å². The zero-order valence-corrected chi connectivity index (χ0v) is 57.0. The number of azo groups is 3. The Morgan fingerprint density at radius 3 is 0.945 bits per heavy atom. The highest BCUT2D eigenvalue weighted by Gasteiger charge is 2.16. The third kappa shape index (κ3) is 29.6. The predicted molar refractivity (Wildman–Crippen MR) is 380 cm³/mol. The maximum absolute atomic E-state index is 12.6. The van der Waals surface area contributed by atoms with Gasteiger partial charge in [0.2, 0.25) is 0 Å². The van der Waals surface area contributed by atoms with Crippen molar-refractivity contribution in [3.8, 4) is 17.2 Å². The molecule has 0 bridgehead atoms. The van der Waals surface area contributed by atoms with Crippen molar-refractivity contribution in [3.05, 3.63) is 229 Å². The van der Waals surface area contributed by atoms with E-state index in [0.717, 1.165) is 55.0 Å². The average molecular weight is 1280 g/mol. The van der Waals surface area contributed by atoms with Gasteiger partial charge < -0.3 is 20.6 Å². The van der Waals surface area contributed by atoms with Gasteiger partial charge in [-0.05, 0) is 126 Å². The standard InChI is InChI=1S/C24H19N3O2.2C17H14N2O.6C2H6.2CH4O3S/c1-16-15-18-11-8-14-20(25-24(29)17-9-4-2-5-10-17)21(18)23(28)22(16)27-26-19-12-6-3-7-13-19;2*1-12-11-13-7-5-6-10-15(13)17(20)16(12)19-18-14-8-3-2-4-9-14;6*1-2;2*1-5(2,3)4/h2-15,28H,1H3,(H,25,29);2*2-11,20H,1H3;6*1-2H3;2*1H3,(H,2,3,4). The Morgan fingerprint density at radius 1 is 0.352 bits per heavy atom. The van der Waals surface area contributed by atoms with Gasteiger partial charge in [-0.1, -0.05) is 217 Å². The minimum Gasteiger partial charge on any atom is -0.505 e. The zero-order chi connectivity index (χ0) is 69.1. The largest absolute Gasteiger partial charge is 0.505 e. The molecule has 0 spiro atoms. The fourth-order valence-electron chi connectivity index (χ4n) is 7.54. The fraction of sp³-hybridized carbons (Fsp3) is 0.236. The maximum Gasteiger partial charge on any atom is 0.261 e. The molecule has 91 heavy (non-hydrogen) atoms. The molecule has 0 aromatic heterocycles. The van der Waals surface area contributed by atoms with Gasteiger partial charge in [-0.2, -0.15) is 32.2 Å². The molecule has 0 fully saturated rings. The molecule has 0 aliphatic rings. The third-order valence-electron chi connectivity index (χ3n) is 11.0. The van der Waals surface area contributed by atoms with E-state index >= 15 is 0 Å². The molecule has 6 N–H and O–H groups in total. The summed E-state index contributed by atoms with van der Waals surface area (Å²) < 4.78 is 51.7. The molecule has 0 atom stereocenters. The van der Waals surface area contributed by atoms with Crippen molar-refractivity contribution in [1.82, 2.24) is 0 Å². The number of hydrogen-bond donors (Lipinski definition) is 6. The molecule has 19 heteroatoms. The van der Waals surface area contributed by atoms with Crippen molar-refractivity contribution in [2.24, 2.45) is 30.7 Å². The SMILES string of the molecule is CC.CC.CC.CC.CC.CC.CS(=O)(=O)O.CS(=O)(=O)O.Cc1cc2cccc(NC(=O)c3ccccc3)c2c(O)c1N=Nc1ccccc1.Cc1cc2ccccc2c(O)c1N=Nc1ccccc1.Cc1cc2ccccc2c(O)c1N=Nc1ccccc1. The van der Waals surface area contributed by atoms with Crippen molar-refractivity contribution in [3.63, 3.8) is 0 Å². The molecule has 0 aliphatic carbocycles. The summed E-state index contributed by atoms with van der Waals surface area (Å²) in [6.07, 6.45) is 1.43. The van der Waals surface area contributed by atoms with E-state index in [9.17, 15) is 36.9 Å². The first-order valence-electron chi connectivity index (χ1n) is 29.9. The van der Waals surface area contributed by atoms with Crippen LogP contribution >= 0.6 is 0 Å². The normalized spacial score (nSPS) is 10.1. The first-order valence-corrected chi connectivity index (χ1v) is 33.6. The van der Waals surface area contributed by atoms with Gasteiger partial charge in [-0.15, -0.1) is 15.3 Å². The van der Waals surface area contributed by atoms with E-state index in [0.29, 0.717) is 51.9 Å². The Balaban J connectivity index is 0.00000117. The molecule has 0 aliphatic heterocycles. The highest BCUT2D eigenvalue weighted by atomic mass is 32.2. The lowest BCUT2D eigenvalue weighted by Gasteiger charge is -2.13. The quantitative estimate of drug-likeness (QED) is 0.0618. The van der Waals surface area contributed by atoms with Gasteiger partial charge in [0.15, 0.2) is 17.2 Å². The highest BCUT2D eigenvalue weighted by molar-refractivity contribution is 7.85. The van der Waals surface area contributed by atoms with Crippen molar-refractivity contribution in [2.75, 3.05) is 17.8 Å². The molecule has 10 rings (SSSR count). The summed E-state index contributed by atoms with van der Waals surface area (Å²) in [7, 11) is -7.33.